The highest BCUT2D eigenvalue weighted by molar-refractivity contribution is 5.96. The zero-order valence-electron chi connectivity index (χ0n) is 24.4. The SMILES string of the molecule is COc1ccc(CCNC(=O)CN2CN(c3ccccc3)C3(CCN(C(=O)CC(C)(C)C)CC3)C2=O)cc1OC. The maximum absolute atomic E-state index is 13.9. The van der Waals surface area contributed by atoms with Gasteiger partial charge in [0.15, 0.2) is 11.5 Å². The largest absolute Gasteiger partial charge is 0.493 e. The highest BCUT2D eigenvalue weighted by Gasteiger charge is 2.54. The van der Waals surface area contributed by atoms with E-state index in [-0.39, 0.29) is 29.7 Å². The Morgan fingerprint density at radius 2 is 1.65 bits per heavy atom. The molecular formula is C31H42N4O5. The molecule has 0 unspecified atom stereocenters. The summed E-state index contributed by atoms with van der Waals surface area (Å²) >= 11 is 0. The zero-order valence-corrected chi connectivity index (χ0v) is 24.4. The molecule has 1 N–H and O–H groups in total. The second-order valence-corrected chi connectivity index (χ2v) is 11.8. The smallest absolute Gasteiger partial charge is 0.250 e. The number of methoxy groups -OCH3 is 2. The monoisotopic (exact) mass is 550 g/mol. The molecule has 4 rings (SSSR count). The first-order valence-corrected chi connectivity index (χ1v) is 13.9. The van der Waals surface area contributed by atoms with E-state index in [1.165, 1.54) is 0 Å². The van der Waals surface area contributed by atoms with Crippen molar-refractivity contribution in [3.8, 4) is 11.5 Å². The third-order valence-electron chi connectivity index (χ3n) is 7.73. The summed E-state index contributed by atoms with van der Waals surface area (Å²) in [5.74, 6) is 1.19. The van der Waals surface area contributed by atoms with Gasteiger partial charge in [-0.25, -0.2) is 0 Å². The van der Waals surface area contributed by atoms with Crippen LogP contribution in [0.25, 0.3) is 0 Å². The van der Waals surface area contributed by atoms with Gasteiger partial charge in [-0.2, -0.15) is 0 Å². The van der Waals surface area contributed by atoms with Crippen LogP contribution in [0, 0.1) is 5.41 Å². The third-order valence-corrected chi connectivity index (χ3v) is 7.73. The molecule has 2 aliphatic heterocycles. The van der Waals surface area contributed by atoms with Crippen LogP contribution in [0.4, 0.5) is 5.69 Å². The Kier molecular flexibility index (Phi) is 8.91. The van der Waals surface area contributed by atoms with Crippen LogP contribution < -0.4 is 19.7 Å². The Balaban J connectivity index is 1.40. The zero-order chi connectivity index (χ0) is 28.9. The molecule has 2 fully saturated rings. The lowest BCUT2D eigenvalue weighted by atomic mass is 9.84. The van der Waals surface area contributed by atoms with Crippen molar-refractivity contribution in [2.75, 3.05) is 52.0 Å². The van der Waals surface area contributed by atoms with E-state index in [9.17, 15) is 14.4 Å². The molecule has 0 radical (unpaired) electrons. The number of anilines is 1. The number of amides is 3. The average molecular weight is 551 g/mol. The minimum Gasteiger partial charge on any atom is -0.493 e. The fraction of sp³-hybridized carbons (Fsp3) is 0.516. The maximum atomic E-state index is 13.9. The number of carbonyl (C=O) groups excluding carboxylic acids is 3. The lowest BCUT2D eigenvalue weighted by molar-refractivity contribution is -0.140. The first-order chi connectivity index (χ1) is 19.1. The van der Waals surface area contributed by atoms with Gasteiger partial charge < -0.3 is 29.5 Å². The van der Waals surface area contributed by atoms with Crippen LogP contribution in [0.15, 0.2) is 48.5 Å². The number of rotatable bonds is 9. The van der Waals surface area contributed by atoms with Crippen molar-refractivity contribution in [3.63, 3.8) is 0 Å². The molecule has 3 amide bonds. The van der Waals surface area contributed by atoms with Crippen molar-refractivity contribution in [1.82, 2.24) is 15.1 Å². The molecule has 0 saturated carbocycles. The van der Waals surface area contributed by atoms with E-state index < -0.39 is 5.54 Å². The molecule has 216 valence electrons. The summed E-state index contributed by atoms with van der Waals surface area (Å²) in [6.45, 7) is 7.99. The summed E-state index contributed by atoms with van der Waals surface area (Å²) in [7, 11) is 3.19. The second-order valence-electron chi connectivity index (χ2n) is 11.8. The van der Waals surface area contributed by atoms with Crippen molar-refractivity contribution >= 4 is 23.4 Å². The van der Waals surface area contributed by atoms with Gasteiger partial charge in [-0.1, -0.05) is 45.0 Å². The molecular weight excluding hydrogens is 508 g/mol. The van der Waals surface area contributed by atoms with Gasteiger partial charge in [-0.05, 0) is 54.5 Å². The fourth-order valence-electron chi connectivity index (χ4n) is 5.63. The van der Waals surface area contributed by atoms with Gasteiger partial charge in [-0.15, -0.1) is 0 Å². The molecule has 2 aliphatic rings. The topological polar surface area (TPSA) is 91.4 Å². The van der Waals surface area contributed by atoms with Crippen molar-refractivity contribution < 1.29 is 23.9 Å². The van der Waals surface area contributed by atoms with E-state index in [1.54, 1.807) is 19.1 Å². The molecule has 2 heterocycles. The van der Waals surface area contributed by atoms with Crippen molar-refractivity contribution in [3.05, 3.63) is 54.1 Å². The Labute approximate surface area is 237 Å². The van der Waals surface area contributed by atoms with E-state index in [1.807, 2.05) is 53.4 Å². The Bertz CT molecular complexity index is 1200. The minimum atomic E-state index is -0.764. The Hall–Kier alpha value is -3.75. The molecule has 2 aromatic rings. The molecule has 9 heteroatoms. The third kappa shape index (κ3) is 6.51. The summed E-state index contributed by atoms with van der Waals surface area (Å²) < 4.78 is 10.7. The van der Waals surface area contributed by atoms with E-state index in [0.29, 0.717) is 63.5 Å². The number of nitrogens with one attached hydrogen (secondary N) is 1. The first kappa shape index (κ1) is 29.2. The summed E-state index contributed by atoms with van der Waals surface area (Å²) in [5, 5.41) is 2.96. The van der Waals surface area contributed by atoms with E-state index >= 15 is 0 Å². The summed E-state index contributed by atoms with van der Waals surface area (Å²) in [5.41, 5.74) is 1.10. The molecule has 9 nitrogen and oxygen atoms in total. The van der Waals surface area contributed by atoms with Gasteiger partial charge >= 0.3 is 0 Å². The summed E-state index contributed by atoms with van der Waals surface area (Å²) in [4.78, 5) is 45.4. The molecule has 0 aliphatic carbocycles. The first-order valence-electron chi connectivity index (χ1n) is 13.9. The maximum Gasteiger partial charge on any atom is 0.250 e. The van der Waals surface area contributed by atoms with Crippen LogP contribution >= 0.6 is 0 Å². The Morgan fingerprint density at radius 3 is 2.27 bits per heavy atom. The van der Waals surface area contributed by atoms with Crippen LogP contribution in [0.3, 0.4) is 0 Å². The van der Waals surface area contributed by atoms with Gasteiger partial charge in [0.2, 0.25) is 11.8 Å². The number of nitrogens with zero attached hydrogens (tertiary/aromatic N) is 3. The highest BCUT2D eigenvalue weighted by atomic mass is 16.5. The van der Waals surface area contributed by atoms with Crippen LogP contribution in [0.2, 0.25) is 0 Å². The van der Waals surface area contributed by atoms with Crippen molar-refractivity contribution in [2.45, 2.75) is 52.0 Å². The number of carbonyl (C=O) groups is 3. The Morgan fingerprint density at radius 1 is 0.975 bits per heavy atom. The number of hydrogen-bond donors (Lipinski definition) is 1. The van der Waals surface area contributed by atoms with Gasteiger partial charge in [0, 0.05) is 31.7 Å². The number of para-hydroxylation sites is 1. The number of benzene rings is 2. The number of piperidine rings is 1. The molecule has 0 atom stereocenters. The molecule has 0 aromatic heterocycles. The quantitative estimate of drug-likeness (QED) is 0.514. The van der Waals surface area contributed by atoms with Crippen LogP contribution in [0.1, 0.15) is 45.6 Å². The lowest BCUT2D eigenvalue weighted by Gasteiger charge is -2.43. The number of hydrogen-bond acceptors (Lipinski definition) is 6. The van der Waals surface area contributed by atoms with E-state index in [4.69, 9.17) is 9.47 Å². The molecule has 2 saturated heterocycles. The van der Waals surface area contributed by atoms with Gasteiger partial charge in [0.1, 0.15) is 12.1 Å². The molecule has 40 heavy (non-hydrogen) atoms. The van der Waals surface area contributed by atoms with Crippen LogP contribution in [-0.4, -0.2) is 80.1 Å². The molecule has 0 bridgehead atoms. The van der Waals surface area contributed by atoms with E-state index in [2.05, 4.69) is 31.0 Å². The predicted molar refractivity (Wildman–Crippen MR) is 154 cm³/mol. The van der Waals surface area contributed by atoms with Gasteiger partial charge in [0.25, 0.3) is 5.91 Å². The molecule has 1 spiro atoms. The molecule has 2 aromatic carbocycles. The van der Waals surface area contributed by atoms with Gasteiger partial charge in [0.05, 0.1) is 20.9 Å². The van der Waals surface area contributed by atoms with Crippen LogP contribution in [-0.2, 0) is 20.8 Å². The number of likely N-dealkylation sites (tertiary alicyclic amines) is 1. The second kappa shape index (κ2) is 12.2. The minimum absolute atomic E-state index is 0.0114. The average Bonchev–Trinajstić information content (AvgIpc) is 3.18. The fourth-order valence-corrected chi connectivity index (χ4v) is 5.63. The van der Waals surface area contributed by atoms with Crippen molar-refractivity contribution in [2.24, 2.45) is 5.41 Å². The number of ether oxygens (including phenoxy) is 2. The van der Waals surface area contributed by atoms with E-state index in [0.717, 1.165) is 11.3 Å². The van der Waals surface area contributed by atoms with Crippen molar-refractivity contribution in [1.29, 1.82) is 0 Å². The summed E-state index contributed by atoms with van der Waals surface area (Å²) in [6, 6.07) is 15.5. The lowest BCUT2D eigenvalue weighted by Crippen LogP contribution is -2.57. The summed E-state index contributed by atoms with van der Waals surface area (Å²) in [6.07, 6.45) is 2.17. The normalized spacial score (nSPS) is 16.8. The highest BCUT2D eigenvalue weighted by Crippen LogP contribution is 2.40. The van der Waals surface area contributed by atoms with Gasteiger partial charge in [-0.3, -0.25) is 14.4 Å². The predicted octanol–water partition coefficient (Wildman–Crippen LogP) is 3.47. The standard InChI is InChI=1S/C31H42N4O5/c1-30(2,3)20-28(37)33-17-14-31(15-18-33)29(38)34(22-35(31)24-9-7-6-8-10-24)21-27(36)32-16-13-23-11-12-25(39-4)26(19-23)40-5/h6-12,19H,13-18,20-22H2,1-5H3,(H,32,36). The van der Waals surface area contributed by atoms with Crippen LogP contribution in [0.5, 0.6) is 11.5 Å².